The first-order chi connectivity index (χ1) is 9.75. The third kappa shape index (κ3) is 2.84. The largest absolute Gasteiger partial charge is 0.480 e. The molecule has 1 aliphatic rings. The van der Waals surface area contributed by atoms with Gasteiger partial charge >= 0.3 is 11.7 Å². The molecule has 1 heterocycles. The van der Waals surface area contributed by atoms with Gasteiger partial charge in [-0.2, -0.15) is 8.70 Å². The number of carbonyl (C=O) groups is 1. The zero-order chi connectivity index (χ0) is 15.8. The number of thioether (sulfide) groups is 1. The Hall–Kier alpha value is -1.72. The standard InChI is InChI=1S/C10H9FN2O6S2/c11-7-2-1-6(3-8(7)13(16)17)21(18,19)12-5-20-4-9(12)10(14)15/h1-3,9H,4-5H2,(H,14,15)/t9-/m0/s1. The van der Waals surface area contributed by atoms with Gasteiger partial charge in [0.05, 0.1) is 15.7 Å². The smallest absolute Gasteiger partial charge is 0.322 e. The molecular formula is C10H9FN2O6S2. The SMILES string of the molecule is O=C(O)[C@@H]1CSCN1S(=O)(=O)c1ccc(F)c([N+](=O)[O-])c1. The molecule has 1 atom stereocenters. The fourth-order valence-corrected chi connectivity index (χ4v) is 4.94. The second-order valence-corrected chi connectivity index (χ2v) is 7.01. The molecule has 0 bridgehead atoms. The Balaban J connectivity index is 2.47. The molecule has 0 saturated carbocycles. The normalized spacial score (nSPS) is 19.6. The third-order valence-corrected chi connectivity index (χ3v) is 5.87. The zero-order valence-corrected chi connectivity index (χ0v) is 11.9. The predicted octanol–water partition coefficient (Wildman–Crippen LogP) is 0.882. The van der Waals surface area contributed by atoms with Crippen molar-refractivity contribution in [1.29, 1.82) is 0 Å². The molecule has 1 aromatic carbocycles. The van der Waals surface area contributed by atoms with Crippen LogP contribution in [-0.2, 0) is 14.8 Å². The molecule has 11 heteroatoms. The number of hydrogen-bond donors (Lipinski definition) is 1. The van der Waals surface area contributed by atoms with Gasteiger partial charge in [-0.05, 0) is 12.1 Å². The molecule has 8 nitrogen and oxygen atoms in total. The van der Waals surface area contributed by atoms with E-state index in [0.29, 0.717) is 12.1 Å². The number of rotatable bonds is 4. The summed E-state index contributed by atoms with van der Waals surface area (Å²) in [5.74, 6) is -2.47. The van der Waals surface area contributed by atoms with Crippen LogP contribution >= 0.6 is 11.8 Å². The van der Waals surface area contributed by atoms with Gasteiger partial charge < -0.3 is 5.11 Å². The molecule has 0 amide bonds. The zero-order valence-electron chi connectivity index (χ0n) is 10.3. The number of halogens is 1. The monoisotopic (exact) mass is 336 g/mol. The highest BCUT2D eigenvalue weighted by Gasteiger charge is 2.40. The summed E-state index contributed by atoms with van der Waals surface area (Å²) in [6.07, 6.45) is 0. The van der Waals surface area contributed by atoms with E-state index in [0.717, 1.165) is 22.1 Å². The Bertz CT molecular complexity index is 707. The van der Waals surface area contributed by atoms with Crippen LogP contribution < -0.4 is 0 Å². The fourth-order valence-electron chi connectivity index (χ4n) is 1.79. The van der Waals surface area contributed by atoms with Gasteiger partial charge in [-0.3, -0.25) is 14.9 Å². The average Bonchev–Trinajstić information content (AvgIpc) is 2.88. The maximum Gasteiger partial charge on any atom is 0.322 e. The lowest BCUT2D eigenvalue weighted by Gasteiger charge is -2.19. The van der Waals surface area contributed by atoms with Crippen molar-refractivity contribution >= 4 is 33.4 Å². The van der Waals surface area contributed by atoms with Crippen molar-refractivity contribution in [3.05, 3.63) is 34.1 Å². The lowest BCUT2D eigenvalue weighted by molar-refractivity contribution is -0.387. The molecular weight excluding hydrogens is 327 g/mol. The van der Waals surface area contributed by atoms with E-state index in [-0.39, 0.29) is 11.6 Å². The van der Waals surface area contributed by atoms with E-state index in [4.69, 9.17) is 5.11 Å². The maximum absolute atomic E-state index is 13.2. The van der Waals surface area contributed by atoms with Crippen molar-refractivity contribution < 1.29 is 27.6 Å². The Morgan fingerprint density at radius 3 is 2.76 bits per heavy atom. The van der Waals surface area contributed by atoms with Crippen molar-refractivity contribution in [2.75, 3.05) is 11.6 Å². The van der Waals surface area contributed by atoms with Gasteiger partial charge in [0, 0.05) is 11.8 Å². The van der Waals surface area contributed by atoms with Crippen LogP contribution in [0.25, 0.3) is 0 Å². The summed E-state index contributed by atoms with van der Waals surface area (Å²) in [4.78, 5) is 20.1. The number of benzene rings is 1. The van der Waals surface area contributed by atoms with E-state index in [9.17, 15) is 27.7 Å². The van der Waals surface area contributed by atoms with Gasteiger partial charge in [0.15, 0.2) is 0 Å². The maximum atomic E-state index is 13.2. The summed E-state index contributed by atoms with van der Waals surface area (Å²) in [5.41, 5.74) is -0.977. The molecule has 1 N–H and O–H groups in total. The highest BCUT2D eigenvalue weighted by Crippen LogP contribution is 2.30. The van der Waals surface area contributed by atoms with Crippen molar-refractivity contribution in [3.8, 4) is 0 Å². The van der Waals surface area contributed by atoms with Crippen molar-refractivity contribution in [2.24, 2.45) is 0 Å². The van der Waals surface area contributed by atoms with Crippen molar-refractivity contribution in [3.63, 3.8) is 0 Å². The summed E-state index contributed by atoms with van der Waals surface area (Å²) in [7, 11) is -4.25. The highest BCUT2D eigenvalue weighted by molar-refractivity contribution is 8.00. The summed E-state index contributed by atoms with van der Waals surface area (Å²) < 4.78 is 38.7. The van der Waals surface area contributed by atoms with E-state index >= 15 is 0 Å². The van der Waals surface area contributed by atoms with Gasteiger partial charge in [0.1, 0.15) is 6.04 Å². The Labute approximate surface area is 122 Å². The second kappa shape index (κ2) is 5.58. The van der Waals surface area contributed by atoms with Crippen LogP contribution in [0.4, 0.5) is 10.1 Å². The molecule has 1 saturated heterocycles. The van der Waals surface area contributed by atoms with Gasteiger partial charge in [-0.25, -0.2) is 8.42 Å². The van der Waals surface area contributed by atoms with Crippen molar-refractivity contribution in [1.82, 2.24) is 4.31 Å². The van der Waals surface area contributed by atoms with Gasteiger partial charge in [-0.15, -0.1) is 11.8 Å². The molecule has 0 spiro atoms. The van der Waals surface area contributed by atoms with Gasteiger partial charge in [0.25, 0.3) is 0 Å². The van der Waals surface area contributed by atoms with Gasteiger partial charge in [-0.1, -0.05) is 0 Å². The molecule has 0 unspecified atom stereocenters. The first-order valence-electron chi connectivity index (χ1n) is 5.51. The fraction of sp³-hybridized carbons (Fsp3) is 0.300. The number of hydrogen-bond acceptors (Lipinski definition) is 6. The van der Waals surface area contributed by atoms with E-state index in [1.165, 1.54) is 0 Å². The van der Waals surface area contributed by atoms with E-state index in [1.807, 2.05) is 0 Å². The number of nitro groups is 1. The number of carboxylic acids is 1. The van der Waals surface area contributed by atoms with Crippen LogP contribution in [-0.4, -0.2) is 46.4 Å². The summed E-state index contributed by atoms with van der Waals surface area (Å²) in [6, 6.07) is 0.889. The van der Waals surface area contributed by atoms with Crippen LogP contribution in [0.1, 0.15) is 0 Å². The third-order valence-electron chi connectivity index (χ3n) is 2.85. The quantitative estimate of drug-likeness (QED) is 0.640. The molecule has 0 radical (unpaired) electrons. The molecule has 1 aromatic rings. The van der Waals surface area contributed by atoms with E-state index < -0.39 is 43.4 Å². The number of carboxylic acid groups (broad SMARTS) is 1. The predicted molar refractivity (Wildman–Crippen MR) is 70.8 cm³/mol. The molecule has 1 aliphatic heterocycles. The minimum Gasteiger partial charge on any atom is -0.480 e. The van der Waals surface area contributed by atoms with Gasteiger partial charge in [0.2, 0.25) is 15.8 Å². The number of nitro benzene ring substituents is 1. The van der Waals surface area contributed by atoms with E-state index in [1.54, 1.807) is 0 Å². The molecule has 2 rings (SSSR count). The molecule has 0 aromatic heterocycles. The number of aliphatic carboxylic acids is 1. The van der Waals surface area contributed by atoms with Crippen LogP contribution in [0.2, 0.25) is 0 Å². The topological polar surface area (TPSA) is 118 Å². The minimum absolute atomic E-state index is 0.0789. The Morgan fingerprint density at radius 1 is 1.52 bits per heavy atom. The molecule has 0 aliphatic carbocycles. The average molecular weight is 336 g/mol. The Morgan fingerprint density at radius 2 is 2.19 bits per heavy atom. The minimum atomic E-state index is -4.25. The molecule has 114 valence electrons. The summed E-state index contributed by atoms with van der Waals surface area (Å²) in [5, 5.41) is 19.6. The highest BCUT2D eigenvalue weighted by atomic mass is 32.2. The summed E-state index contributed by atoms with van der Waals surface area (Å²) in [6.45, 7) is 0. The van der Waals surface area contributed by atoms with Crippen molar-refractivity contribution in [2.45, 2.75) is 10.9 Å². The number of nitrogens with zero attached hydrogens (tertiary/aromatic N) is 2. The second-order valence-electron chi connectivity index (χ2n) is 4.12. The molecule has 21 heavy (non-hydrogen) atoms. The molecule has 1 fully saturated rings. The first kappa shape index (κ1) is 15.7. The van der Waals surface area contributed by atoms with Crippen LogP contribution in [0.15, 0.2) is 23.1 Å². The Kier molecular flexibility index (Phi) is 4.16. The van der Waals surface area contributed by atoms with Crippen LogP contribution in [0, 0.1) is 15.9 Å². The lowest BCUT2D eigenvalue weighted by atomic mass is 10.3. The van der Waals surface area contributed by atoms with Crippen LogP contribution in [0.3, 0.4) is 0 Å². The van der Waals surface area contributed by atoms with E-state index in [2.05, 4.69) is 0 Å². The summed E-state index contributed by atoms with van der Waals surface area (Å²) >= 11 is 1.11. The number of sulfonamides is 1. The van der Waals surface area contributed by atoms with Crippen LogP contribution in [0.5, 0.6) is 0 Å². The first-order valence-corrected chi connectivity index (χ1v) is 8.11. The lowest BCUT2D eigenvalue weighted by Crippen LogP contribution is -2.41.